The molecule has 1 aromatic carbocycles. The van der Waals surface area contributed by atoms with Crippen LogP contribution in [0.25, 0.3) is 10.9 Å². The molecule has 110 valence electrons. The van der Waals surface area contributed by atoms with Crippen molar-refractivity contribution in [2.75, 3.05) is 18.6 Å². The van der Waals surface area contributed by atoms with Crippen LogP contribution in [0, 0.1) is 11.6 Å². The maximum absolute atomic E-state index is 13.9. The quantitative estimate of drug-likeness (QED) is 0.813. The standard InChI is InChI=1S/C13H10F2N2O4/c1-16-3-2-5-8(14)9(15)12(19)7-10(5)17(16)4-6(11(7)18)13(20)21/h4,19H,2-3H2,1H3,(H,20,21). The number of benzene rings is 1. The highest BCUT2D eigenvalue weighted by Crippen LogP contribution is 2.33. The van der Waals surface area contributed by atoms with E-state index in [4.69, 9.17) is 5.11 Å². The second-order valence-corrected chi connectivity index (χ2v) is 4.83. The van der Waals surface area contributed by atoms with E-state index in [1.54, 1.807) is 12.1 Å². The molecule has 0 saturated heterocycles. The van der Waals surface area contributed by atoms with E-state index in [0.717, 1.165) is 6.20 Å². The van der Waals surface area contributed by atoms with E-state index in [0.29, 0.717) is 6.54 Å². The highest BCUT2D eigenvalue weighted by Gasteiger charge is 2.29. The minimum atomic E-state index is -1.53. The number of carboxylic acid groups (broad SMARTS) is 1. The number of aromatic carboxylic acids is 1. The number of hydrogen-bond donors (Lipinski definition) is 2. The van der Waals surface area contributed by atoms with Crippen LogP contribution in [-0.2, 0) is 6.42 Å². The Balaban J connectivity index is 2.64. The van der Waals surface area contributed by atoms with Crippen LogP contribution in [0.1, 0.15) is 15.9 Å². The Bertz CT molecular complexity index is 860. The molecular formula is C13H10F2N2O4. The van der Waals surface area contributed by atoms with E-state index in [9.17, 15) is 23.5 Å². The molecule has 0 amide bonds. The predicted molar refractivity (Wildman–Crippen MR) is 69.5 cm³/mol. The molecule has 0 saturated carbocycles. The monoisotopic (exact) mass is 296 g/mol. The number of phenolic OH excluding ortho intramolecular Hbond substituents is 1. The zero-order valence-electron chi connectivity index (χ0n) is 10.9. The van der Waals surface area contributed by atoms with E-state index < -0.39 is 39.7 Å². The molecule has 2 N–H and O–H groups in total. The lowest BCUT2D eigenvalue weighted by Gasteiger charge is -2.31. The second kappa shape index (κ2) is 4.18. The van der Waals surface area contributed by atoms with Crippen LogP contribution in [0.3, 0.4) is 0 Å². The molecule has 6 nitrogen and oxygen atoms in total. The number of halogens is 2. The number of likely N-dealkylation sites (N-methyl/N-ethyl adjacent to an activating group) is 1. The van der Waals surface area contributed by atoms with Crippen molar-refractivity contribution in [3.05, 3.63) is 39.2 Å². The van der Waals surface area contributed by atoms with Gasteiger partial charge in [-0.25, -0.2) is 9.18 Å². The number of carboxylic acids is 1. The third-order valence-electron chi connectivity index (χ3n) is 3.66. The average molecular weight is 296 g/mol. The Kier molecular flexibility index (Phi) is 2.65. The molecule has 0 radical (unpaired) electrons. The van der Waals surface area contributed by atoms with Gasteiger partial charge in [0, 0.05) is 25.4 Å². The van der Waals surface area contributed by atoms with Crippen molar-refractivity contribution in [1.29, 1.82) is 0 Å². The summed E-state index contributed by atoms with van der Waals surface area (Å²) in [6, 6.07) is 0. The van der Waals surface area contributed by atoms with Gasteiger partial charge in [0.15, 0.2) is 11.6 Å². The van der Waals surface area contributed by atoms with Crippen molar-refractivity contribution in [2.24, 2.45) is 0 Å². The summed E-state index contributed by atoms with van der Waals surface area (Å²) in [6.45, 7) is 0.311. The van der Waals surface area contributed by atoms with Gasteiger partial charge in [-0.15, -0.1) is 0 Å². The van der Waals surface area contributed by atoms with Gasteiger partial charge in [-0.1, -0.05) is 0 Å². The van der Waals surface area contributed by atoms with Crippen molar-refractivity contribution in [1.82, 2.24) is 4.68 Å². The minimum absolute atomic E-state index is 0.00449. The molecule has 3 rings (SSSR count). The van der Waals surface area contributed by atoms with Gasteiger partial charge >= 0.3 is 5.97 Å². The minimum Gasteiger partial charge on any atom is -0.504 e. The van der Waals surface area contributed by atoms with E-state index in [1.165, 1.54) is 4.68 Å². The Morgan fingerprint density at radius 3 is 2.62 bits per heavy atom. The van der Waals surface area contributed by atoms with Crippen molar-refractivity contribution >= 4 is 16.9 Å². The van der Waals surface area contributed by atoms with E-state index in [1.807, 2.05) is 0 Å². The van der Waals surface area contributed by atoms with Gasteiger partial charge in [-0.2, -0.15) is 4.39 Å². The fourth-order valence-electron chi connectivity index (χ4n) is 2.59. The molecular weight excluding hydrogens is 286 g/mol. The molecule has 21 heavy (non-hydrogen) atoms. The number of nitrogens with zero attached hydrogens (tertiary/aromatic N) is 2. The zero-order chi connectivity index (χ0) is 15.5. The number of aromatic nitrogens is 1. The fraction of sp³-hybridized carbons (Fsp3) is 0.231. The first-order chi connectivity index (χ1) is 9.84. The topological polar surface area (TPSA) is 82.8 Å². The van der Waals surface area contributed by atoms with Crippen LogP contribution >= 0.6 is 0 Å². The molecule has 0 spiro atoms. The summed E-state index contributed by atoms with van der Waals surface area (Å²) in [5.41, 5.74) is -1.72. The van der Waals surface area contributed by atoms with Crippen LogP contribution < -0.4 is 10.4 Å². The molecule has 0 fully saturated rings. The lowest BCUT2D eigenvalue weighted by Crippen LogP contribution is -2.39. The van der Waals surface area contributed by atoms with Crippen LogP contribution in [-0.4, -0.2) is 34.5 Å². The Labute approximate surface area is 116 Å². The van der Waals surface area contributed by atoms with E-state index in [2.05, 4.69) is 0 Å². The Hall–Kier alpha value is -2.64. The zero-order valence-corrected chi connectivity index (χ0v) is 10.9. The molecule has 8 heteroatoms. The summed E-state index contributed by atoms with van der Waals surface area (Å²) in [6.07, 6.45) is 1.19. The maximum atomic E-state index is 13.9. The van der Waals surface area contributed by atoms with Gasteiger partial charge in [-0.05, 0) is 6.42 Å². The highest BCUT2D eigenvalue weighted by molar-refractivity contribution is 5.96. The first kappa shape index (κ1) is 13.3. The van der Waals surface area contributed by atoms with Crippen molar-refractivity contribution in [2.45, 2.75) is 6.42 Å². The largest absolute Gasteiger partial charge is 0.504 e. The third kappa shape index (κ3) is 1.61. The van der Waals surface area contributed by atoms with Gasteiger partial charge in [0.25, 0.3) is 0 Å². The SMILES string of the molecule is CN1CCc2c(F)c(F)c(O)c3c(=O)c(C(=O)O)cn1c23. The molecule has 0 unspecified atom stereocenters. The number of pyridine rings is 1. The van der Waals surface area contributed by atoms with Gasteiger partial charge in [0.2, 0.25) is 11.2 Å². The Morgan fingerprint density at radius 1 is 1.33 bits per heavy atom. The fourth-order valence-corrected chi connectivity index (χ4v) is 2.59. The third-order valence-corrected chi connectivity index (χ3v) is 3.66. The molecule has 1 aliphatic heterocycles. The van der Waals surface area contributed by atoms with Gasteiger partial charge in [-0.3, -0.25) is 9.47 Å². The van der Waals surface area contributed by atoms with Crippen molar-refractivity contribution in [3.63, 3.8) is 0 Å². The molecule has 0 atom stereocenters. The average Bonchev–Trinajstić information content (AvgIpc) is 2.43. The van der Waals surface area contributed by atoms with Gasteiger partial charge in [0.1, 0.15) is 5.56 Å². The Morgan fingerprint density at radius 2 is 2.00 bits per heavy atom. The van der Waals surface area contributed by atoms with E-state index >= 15 is 0 Å². The summed E-state index contributed by atoms with van der Waals surface area (Å²) in [7, 11) is 1.61. The lowest BCUT2D eigenvalue weighted by atomic mass is 10.0. The van der Waals surface area contributed by atoms with Gasteiger partial charge in [0.05, 0.1) is 10.9 Å². The summed E-state index contributed by atoms with van der Waals surface area (Å²) in [5.74, 6) is -5.42. The molecule has 2 aromatic rings. The van der Waals surface area contributed by atoms with Gasteiger partial charge < -0.3 is 15.2 Å². The number of hydrogen-bond acceptors (Lipinski definition) is 4. The summed E-state index contributed by atoms with van der Waals surface area (Å²) < 4.78 is 28.9. The van der Waals surface area contributed by atoms with Crippen LogP contribution in [0.4, 0.5) is 8.78 Å². The molecule has 0 bridgehead atoms. The number of aromatic hydroxyl groups is 1. The van der Waals surface area contributed by atoms with Crippen molar-refractivity contribution < 1.29 is 23.8 Å². The second-order valence-electron chi connectivity index (χ2n) is 4.83. The summed E-state index contributed by atoms with van der Waals surface area (Å²) in [5, 5.41) is 19.8. The predicted octanol–water partition coefficient (Wildman–Crippen LogP) is 0.807. The first-order valence-corrected chi connectivity index (χ1v) is 6.07. The maximum Gasteiger partial charge on any atom is 0.341 e. The molecule has 2 heterocycles. The number of rotatable bonds is 1. The number of phenols is 1. The lowest BCUT2D eigenvalue weighted by molar-refractivity contribution is 0.0695. The van der Waals surface area contributed by atoms with Crippen LogP contribution in [0.2, 0.25) is 0 Å². The summed E-state index contributed by atoms with van der Waals surface area (Å²) >= 11 is 0. The molecule has 1 aliphatic rings. The van der Waals surface area contributed by atoms with Crippen molar-refractivity contribution in [3.8, 4) is 5.75 Å². The smallest absolute Gasteiger partial charge is 0.341 e. The highest BCUT2D eigenvalue weighted by atomic mass is 19.2. The van der Waals surface area contributed by atoms with Crippen LogP contribution in [0.5, 0.6) is 5.75 Å². The summed E-state index contributed by atoms with van der Waals surface area (Å²) in [4.78, 5) is 23.3. The number of carbonyl (C=O) groups is 1. The first-order valence-electron chi connectivity index (χ1n) is 6.07. The normalized spacial score (nSPS) is 13.8. The molecule has 0 aliphatic carbocycles. The van der Waals surface area contributed by atoms with Crippen LogP contribution in [0.15, 0.2) is 11.0 Å². The van der Waals surface area contributed by atoms with E-state index in [-0.39, 0.29) is 17.5 Å². The molecule has 1 aromatic heterocycles.